The Labute approximate surface area is 149 Å². The summed E-state index contributed by atoms with van der Waals surface area (Å²) in [5.41, 5.74) is 0.903. The van der Waals surface area contributed by atoms with Crippen molar-refractivity contribution in [3.8, 4) is 0 Å². The quantitative estimate of drug-likeness (QED) is 0.708. The largest absolute Gasteiger partial charge is 0.309 e. The highest BCUT2D eigenvalue weighted by atomic mass is 16.1. The Morgan fingerprint density at radius 2 is 2.27 bits per heavy atom. The molecule has 4 heterocycles. The molecule has 1 atom stereocenters. The van der Waals surface area contributed by atoms with E-state index in [0.717, 1.165) is 19.4 Å². The fourth-order valence-corrected chi connectivity index (χ4v) is 3.50. The van der Waals surface area contributed by atoms with Gasteiger partial charge in [-0.3, -0.25) is 24.2 Å². The molecule has 0 aliphatic carbocycles. The van der Waals surface area contributed by atoms with Crippen molar-refractivity contribution in [3.05, 3.63) is 52.5 Å². The molecule has 0 bridgehead atoms. The summed E-state index contributed by atoms with van der Waals surface area (Å²) in [4.78, 5) is 38.5. The number of piperidine rings is 1. The number of hydrogen-bond acceptors (Lipinski definition) is 6. The van der Waals surface area contributed by atoms with Crippen LogP contribution in [0.3, 0.4) is 0 Å². The van der Waals surface area contributed by atoms with E-state index in [4.69, 9.17) is 0 Å². The second-order valence-corrected chi connectivity index (χ2v) is 6.67. The topological polar surface area (TPSA) is 96.8 Å². The Morgan fingerprint density at radius 1 is 1.38 bits per heavy atom. The van der Waals surface area contributed by atoms with E-state index in [1.807, 2.05) is 6.07 Å². The number of nitrogens with zero attached hydrogens (tertiary/aromatic N) is 5. The predicted molar refractivity (Wildman–Crippen MR) is 95.7 cm³/mol. The summed E-state index contributed by atoms with van der Waals surface area (Å²) in [7, 11) is 1.76. The maximum Gasteiger partial charge on any atom is 0.262 e. The van der Waals surface area contributed by atoms with Crippen LogP contribution >= 0.6 is 0 Å². The highest BCUT2D eigenvalue weighted by molar-refractivity contribution is 5.96. The van der Waals surface area contributed by atoms with Gasteiger partial charge in [0.25, 0.3) is 5.56 Å². The Hall–Kier alpha value is -2.87. The van der Waals surface area contributed by atoms with E-state index in [9.17, 15) is 9.59 Å². The monoisotopic (exact) mass is 352 g/mol. The summed E-state index contributed by atoms with van der Waals surface area (Å²) >= 11 is 0. The maximum atomic E-state index is 12.7. The Bertz CT molecular complexity index is 994. The number of carbonyl (C=O) groups is 1. The van der Waals surface area contributed by atoms with E-state index < -0.39 is 0 Å². The van der Waals surface area contributed by atoms with Crippen molar-refractivity contribution in [2.45, 2.75) is 19.4 Å². The number of H-pyrrole nitrogens is 1. The molecule has 1 aliphatic rings. The van der Waals surface area contributed by atoms with Crippen LogP contribution in [0.25, 0.3) is 11.0 Å². The minimum atomic E-state index is -0.184. The highest BCUT2D eigenvalue weighted by Crippen LogP contribution is 2.21. The van der Waals surface area contributed by atoms with Crippen molar-refractivity contribution in [3.63, 3.8) is 0 Å². The lowest BCUT2D eigenvalue weighted by Crippen LogP contribution is -2.39. The highest BCUT2D eigenvalue weighted by Gasteiger charge is 2.27. The first-order valence-corrected chi connectivity index (χ1v) is 8.70. The van der Waals surface area contributed by atoms with Crippen LogP contribution in [0, 0.1) is 5.92 Å². The van der Waals surface area contributed by atoms with Gasteiger partial charge in [-0.25, -0.2) is 4.98 Å². The Morgan fingerprint density at radius 3 is 3.08 bits per heavy atom. The molecule has 0 radical (unpaired) electrons. The van der Waals surface area contributed by atoms with Gasteiger partial charge in [-0.1, -0.05) is 6.07 Å². The smallest absolute Gasteiger partial charge is 0.262 e. The summed E-state index contributed by atoms with van der Waals surface area (Å²) in [5, 5.41) is 4.57. The van der Waals surface area contributed by atoms with Gasteiger partial charge in [-0.05, 0) is 31.5 Å². The average Bonchev–Trinajstić information content (AvgIpc) is 3.04. The number of aryl methyl sites for hydroxylation is 1. The zero-order valence-electron chi connectivity index (χ0n) is 14.6. The van der Waals surface area contributed by atoms with Gasteiger partial charge in [0, 0.05) is 25.7 Å². The lowest BCUT2D eigenvalue weighted by molar-refractivity contribution is 0.0803. The third-order valence-electron chi connectivity index (χ3n) is 4.82. The fourth-order valence-electron chi connectivity index (χ4n) is 3.50. The Kier molecular flexibility index (Phi) is 4.34. The molecular weight excluding hydrogens is 332 g/mol. The summed E-state index contributed by atoms with van der Waals surface area (Å²) in [6, 6.07) is 5.40. The van der Waals surface area contributed by atoms with E-state index in [2.05, 4.69) is 25.0 Å². The predicted octanol–water partition coefficient (Wildman–Crippen LogP) is 1.15. The summed E-state index contributed by atoms with van der Waals surface area (Å²) in [6.45, 7) is 2.02. The third-order valence-corrected chi connectivity index (χ3v) is 4.82. The molecule has 26 heavy (non-hydrogen) atoms. The number of pyridine rings is 1. The molecule has 3 aromatic rings. The number of aromatic nitrogens is 5. The number of Topliss-reactive ketones (excluding diaryl/α,β-unsaturated/α-hetero) is 1. The van der Waals surface area contributed by atoms with Gasteiger partial charge in [0.2, 0.25) is 0 Å². The van der Waals surface area contributed by atoms with E-state index in [1.165, 1.54) is 6.20 Å². The number of aromatic amines is 1. The average molecular weight is 352 g/mol. The van der Waals surface area contributed by atoms with E-state index >= 15 is 0 Å². The van der Waals surface area contributed by atoms with Crippen molar-refractivity contribution in [2.75, 3.05) is 13.1 Å². The number of fused-ring (bicyclic) bond motifs is 1. The lowest BCUT2D eigenvalue weighted by Gasteiger charge is -2.31. The van der Waals surface area contributed by atoms with Gasteiger partial charge in [-0.15, -0.1) is 0 Å². The third kappa shape index (κ3) is 3.15. The molecule has 3 aromatic heterocycles. The molecule has 8 heteroatoms. The molecule has 0 spiro atoms. The molecule has 0 aromatic carbocycles. The first-order chi connectivity index (χ1) is 12.6. The summed E-state index contributed by atoms with van der Waals surface area (Å²) < 4.78 is 1.59. The van der Waals surface area contributed by atoms with Crippen LogP contribution in [0.4, 0.5) is 0 Å². The molecule has 0 saturated carbocycles. The standard InChI is InChI=1S/C18H20N6O2/c1-23-17-13(9-20-23)18(26)22-15(21-17)11-24-8-4-5-12(10-24)16(25)14-6-2-3-7-19-14/h2-3,6-7,9,12H,4-5,8,10-11H2,1H3,(H,21,22,26)/t12-/m0/s1. The molecule has 0 unspecified atom stereocenters. The molecule has 1 N–H and O–H groups in total. The van der Waals surface area contributed by atoms with Gasteiger partial charge in [0.1, 0.15) is 16.9 Å². The van der Waals surface area contributed by atoms with Crippen LogP contribution in [0.5, 0.6) is 0 Å². The number of likely N-dealkylation sites (tertiary alicyclic amines) is 1. The molecule has 8 nitrogen and oxygen atoms in total. The van der Waals surface area contributed by atoms with Gasteiger partial charge in [0.15, 0.2) is 11.4 Å². The Balaban J connectivity index is 1.51. The van der Waals surface area contributed by atoms with E-state index in [1.54, 1.807) is 30.1 Å². The zero-order valence-corrected chi connectivity index (χ0v) is 14.6. The second-order valence-electron chi connectivity index (χ2n) is 6.67. The van der Waals surface area contributed by atoms with Crippen molar-refractivity contribution < 1.29 is 4.79 Å². The van der Waals surface area contributed by atoms with Gasteiger partial charge in [0.05, 0.1) is 12.7 Å². The number of hydrogen-bond donors (Lipinski definition) is 1. The van der Waals surface area contributed by atoms with Crippen LogP contribution in [-0.2, 0) is 13.6 Å². The van der Waals surface area contributed by atoms with Crippen molar-refractivity contribution in [1.82, 2.24) is 29.6 Å². The van der Waals surface area contributed by atoms with E-state index in [-0.39, 0.29) is 17.3 Å². The number of nitrogens with one attached hydrogen (secondary N) is 1. The van der Waals surface area contributed by atoms with Crippen molar-refractivity contribution >= 4 is 16.8 Å². The maximum absolute atomic E-state index is 12.7. The molecule has 134 valence electrons. The first kappa shape index (κ1) is 16.6. The normalized spacial score (nSPS) is 18.3. The SMILES string of the molecule is Cn1ncc2c(=O)[nH]c(CN3CCC[C@H](C(=O)c4ccccn4)C3)nc21. The van der Waals surface area contributed by atoms with Crippen molar-refractivity contribution in [2.24, 2.45) is 13.0 Å². The van der Waals surface area contributed by atoms with Gasteiger partial charge >= 0.3 is 0 Å². The molecule has 1 saturated heterocycles. The molecular formula is C18H20N6O2. The molecule has 1 aliphatic heterocycles. The lowest BCUT2D eigenvalue weighted by atomic mass is 9.92. The number of rotatable bonds is 4. The van der Waals surface area contributed by atoms with Crippen LogP contribution in [0.15, 0.2) is 35.4 Å². The van der Waals surface area contributed by atoms with Crippen LogP contribution in [0.1, 0.15) is 29.2 Å². The minimum Gasteiger partial charge on any atom is -0.309 e. The first-order valence-electron chi connectivity index (χ1n) is 8.70. The molecule has 0 amide bonds. The summed E-state index contributed by atoms with van der Waals surface area (Å²) in [5.74, 6) is 0.599. The van der Waals surface area contributed by atoms with Crippen LogP contribution in [-0.4, -0.2) is 48.5 Å². The van der Waals surface area contributed by atoms with E-state index in [0.29, 0.717) is 35.6 Å². The zero-order chi connectivity index (χ0) is 18.1. The van der Waals surface area contributed by atoms with Crippen LogP contribution in [0.2, 0.25) is 0 Å². The molecule has 4 rings (SSSR count). The fraction of sp³-hybridized carbons (Fsp3) is 0.389. The van der Waals surface area contributed by atoms with Crippen LogP contribution < -0.4 is 5.56 Å². The summed E-state index contributed by atoms with van der Waals surface area (Å²) in [6.07, 6.45) is 4.96. The second kappa shape index (κ2) is 6.80. The van der Waals surface area contributed by atoms with Gasteiger partial charge < -0.3 is 4.98 Å². The minimum absolute atomic E-state index is 0.0780. The van der Waals surface area contributed by atoms with Crippen molar-refractivity contribution in [1.29, 1.82) is 0 Å². The molecule has 1 fully saturated rings. The van der Waals surface area contributed by atoms with Gasteiger partial charge in [-0.2, -0.15) is 5.10 Å². The number of carbonyl (C=O) groups excluding carboxylic acids is 1. The number of ketones is 1.